The Kier molecular flexibility index (Phi) is 19.1. The van der Waals surface area contributed by atoms with Gasteiger partial charge in [-0.15, -0.1) is 0 Å². The molecular formula is C30H44ClF2N3O6. The number of hydrogen-bond acceptors (Lipinski definition) is 7. The summed E-state index contributed by atoms with van der Waals surface area (Å²) in [5, 5.41) is 9.03. The molecule has 0 aromatic heterocycles. The van der Waals surface area contributed by atoms with Crippen molar-refractivity contribution in [2.45, 2.75) is 58.3 Å². The van der Waals surface area contributed by atoms with E-state index in [0.29, 0.717) is 29.3 Å². The smallest absolute Gasteiger partial charge is 0.406 e. The zero-order chi connectivity index (χ0) is 31.3. The molecule has 0 saturated heterocycles. The normalized spacial score (nSPS) is 12.1. The maximum atomic E-state index is 13.2. The molecule has 0 aliphatic rings. The number of likely N-dealkylation sites (N-methyl/N-ethyl adjacent to an activating group) is 1. The molecule has 9 nitrogen and oxygen atoms in total. The molecule has 2 aromatic rings. The van der Waals surface area contributed by atoms with Crippen LogP contribution in [0.2, 0.25) is 5.02 Å². The fourth-order valence-corrected chi connectivity index (χ4v) is 4.21. The van der Waals surface area contributed by atoms with Crippen molar-refractivity contribution in [1.29, 1.82) is 0 Å². The van der Waals surface area contributed by atoms with E-state index in [4.69, 9.17) is 21.1 Å². The fourth-order valence-electron chi connectivity index (χ4n) is 4.01. The van der Waals surface area contributed by atoms with E-state index in [1.54, 1.807) is 37.4 Å². The molecule has 42 heavy (non-hydrogen) atoms. The third-order valence-electron chi connectivity index (χ3n) is 6.03. The summed E-state index contributed by atoms with van der Waals surface area (Å²) in [5.74, 6) is -0.637. The van der Waals surface area contributed by atoms with Gasteiger partial charge >= 0.3 is 12.7 Å². The molecule has 0 bridgehead atoms. The molecule has 0 aliphatic heterocycles. The minimum absolute atomic E-state index is 0.0383. The Balaban J connectivity index is 0.00000431. The van der Waals surface area contributed by atoms with Crippen LogP contribution in [0.4, 0.5) is 13.6 Å². The van der Waals surface area contributed by atoms with Crippen LogP contribution in [0.1, 0.15) is 67.1 Å². The number of alkyl halides is 2. The second-order valence-corrected chi connectivity index (χ2v) is 9.37. The number of hydrogen-bond donors (Lipinski definition) is 3. The maximum absolute atomic E-state index is 13.2. The number of carbonyl (C=O) groups is 2. The highest BCUT2D eigenvalue weighted by Gasteiger charge is 2.21. The Labute approximate surface area is 252 Å². The van der Waals surface area contributed by atoms with Gasteiger partial charge in [-0.3, -0.25) is 4.79 Å². The van der Waals surface area contributed by atoms with Crippen molar-refractivity contribution in [2.75, 3.05) is 47.6 Å². The van der Waals surface area contributed by atoms with E-state index in [2.05, 4.69) is 25.4 Å². The number of unbranched alkanes of at least 4 members (excludes halogenated alkanes) is 2. The molecule has 3 N–H and O–H groups in total. The number of alkyl carbamates (subject to hydrolysis) is 1. The minimum atomic E-state index is -3.09. The molecule has 2 amide bonds. The number of rotatable bonds is 18. The van der Waals surface area contributed by atoms with Crippen molar-refractivity contribution < 1.29 is 37.3 Å². The first-order valence-corrected chi connectivity index (χ1v) is 14.4. The molecule has 2 unspecified atom stereocenters. The SMILES string of the molecule is CC.CNC(CCCCCOC)CNC(=O)c1cc(OC(F)F)cc(C(OCCNC(=O)OC)c2cccc(Cl)c2)c1. The molecule has 12 heteroatoms. The first-order valence-electron chi connectivity index (χ1n) is 14.0. The largest absolute Gasteiger partial charge is 0.453 e. The first kappa shape index (κ1) is 37.0. The van der Waals surface area contributed by atoms with Crippen molar-refractivity contribution >= 4 is 23.6 Å². The van der Waals surface area contributed by atoms with Gasteiger partial charge in [0, 0.05) is 43.4 Å². The molecule has 0 fully saturated rings. The second kappa shape index (κ2) is 21.7. The van der Waals surface area contributed by atoms with Crippen LogP contribution in [0.25, 0.3) is 0 Å². The van der Waals surface area contributed by atoms with E-state index in [1.807, 2.05) is 20.9 Å². The van der Waals surface area contributed by atoms with Crippen LogP contribution in [0.15, 0.2) is 42.5 Å². The van der Waals surface area contributed by atoms with Gasteiger partial charge in [-0.2, -0.15) is 8.78 Å². The summed E-state index contributed by atoms with van der Waals surface area (Å²) in [4.78, 5) is 24.5. The second-order valence-electron chi connectivity index (χ2n) is 8.93. The average molecular weight is 616 g/mol. The van der Waals surface area contributed by atoms with Crippen LogP contribution in [0.3, 0.4) is 0 Å². The third kappa shape index (κ3) is 14.3. The molecule has 0 aliphatic carbocycles. The van der Waals surface area contributed by atoms with Crippen LogP contribution in [-0.2, 0) is 14.2 Å². The fraction of sp³-hybridized carbons (Fsp3) is 0.533. The van der Waals surface area contributed by atoms with E-state index in [9.17, 15) is 18.4 Å². The quantitative estimate of drug-likeness (QED) is 0.178. The number of benzene rings is 2. The first-order chi connectivity index (χ1) is 20.3. The number of amides is 2. The molecule has 0 heterocycles. The Morgan fingerprint density at radius 1 is 0.952 bits per heavy atom. The molecule has 2 aromatic carbocycles. The van der Waals surface area contributed by atoms with Gasteiger partial charge in [-0.1, -0.05) is 50.4 Å². The van der Waals surface area contributed by atoms with Crippen LogP contribution in [0.5, 0.6) is 5.75 Å². The lowest BCUT2D eigenvalue weighted by atomic mass is 9.98. The highest BCUT2D eigenvalue weighted by atomic mass is 35.5. The molecule has 0 radical (unpaired) electrons. The maximum Gasteiger partial charge on any atom is 0.406 e. The van der Waals surface area contributed by atoms with E-state index in [-0.39, 0.29) is 30.5 Å². The van der Waals surface area contributed by atoms with Crippen molar-refractivity contribution in [3.05, 3.63) is 64.2 Å². The number of ether oxygens (including phenoxy) is 4. The molecule has 2 rings (SSSR count). The average Bonchev–Trinajstić information content (AvgIpc) is 2.98. The van der Waals surface area contributed by atoms with Gasteiger partial charge in [0.15, 0.2) is 0 Å². The summed E-state index contributed by atoms with van der Waals surface area (Å²) in [7, 11) is 4.74. The molecule has 236 valence electrons. The molecule has 0 spiro atoms. The van der Waals surface area contributed by atoms with Gasteiger partial charge in [0.1, 0.15) is 11.9 Å². The molecular weight excluding hydrogens is 572 g/mol. The number of nitrogens with one attached hydrogen (secondary N) is 3. The van der Waals surface area contributed by atoms with Crippen molar-refractivity contribution in [3.8, 4) is 5.75 Å². The Bertz CT molecular complexity index is 1060. The highest BCUT2D eigenvalue weighted by molar-refractivity contribution is 6.30. The van der Waals surface area contributed by atoms with Gasteiger partial charge < -0.3 is 34.9 Å². The summed E-state index contributed by atoms with van der Waals surface area (Å²) in [6.45, 7) is 2.15. The van der Waals surface area contributed by atoms with Gasteiger partial charge in [0.2, 0.25) is 0 Å². The topological polar surface area (TPSA) is 107 Å². The van der Waals surface area contributed by atoms with E-state index in [1.165, 1.54) is 19.2 Å². The Morgan fingerprint density at radius 3 is 2.36 bits per heavy atom. The summed E-state index contributed by atoms with van der Waals surface area (Å²) < 4.78 is 46.7. The summed E-state index contributed by atoms with van der Waals surface area (Å²) in [6.07, 6.45) is 2.37. The summed E-state index contributed by atoms with van der Waals surface area (Å²) >= 11 is 6.20. The lowest BCUT2D eigenvalue weighted by molar-refractivity contribution is -0.0500. The zero-order valence-electron chi connectivity index (χ0n) is 25.0. The summed E-state index contributed by atoms with van der Waals surface area (Å²) in [5.41, 5.74) is 1.15. The van der Waals surface area contributed by atoms with E-state index in [0.717, 1.165) is 25.7 Å². The van der Waals surface area contributed by atoms with Gasteiger partial charge in [-0.05, 0) is 61.3 Å². The van der Waals surface area contributed by atoms with E-state index >= 15 is 0 Å². The number of halogens is 3. The van der Waals surface area contributed by atoms with Crippen molar-refractivity contribution in [2.24, 2.45) is 0 Å². The minimum Gasteiger partial charge on any atom is -0.453 e. The van der Waals surface area contributed by atoms with Gasteiger partial charge in [-0.25, -0.2) is 4.79 Å². The number of carbonyl (C=O) groups excluding carboxylic acids is 2. The third-order valence-corrected chi connectivity index (χ3v) is 6.27. The van der Waals surface area contributed by atoms with Crippen molar-refractivity contribution in [1.82, 2.24) is 16.0 Å². The van der Waals surface area contributed by atoms with Crippen LogP contribution >= 0.6 is 11.6 Å². The zero-order valence-corrected chi connectivity index (χ0v) is 25.8. The van der Waals surface area contributed by atoms with Crippen molar-refractivity contribution in [3.63, 3.8) is 0 Å². The van der Waals surface area contributed by atoms with E-state index < -0.39 is 24.7 Å². The predicted molar refractivity (Wildman–Crippen MR) is 160 cm³/mol. The molecule has 2 atom stereocenters. The molecule has 0 saturated carbocycles. The lowest BCUT2D eigenvalue weighted by Gasteiger charge is -2.21. The van der Waals surface area contributed by atoms with Crippen LogP contribution in [-0.4, -0.2) is 72.2 Å². The lowest BCUT2D eigenvalue weighted by Crippen LogP contribution is -2.39. The van der Waals surface area contributed by atoms with Gasteiger partial charge in [0.25, 0.3) is 5.91 Å². The Morgan fingerprint density at radius 2 is 1.71 bits per heavy atom. The monoisotopic (exact) mass is 615 g/mol. The predicted octanol–water partition coefficient (Wildman–Crippen LogP) is 5.95. The Hall–Kier alpha value is -2.99. The number of methoxy groups -OCH3 is 2. The van der Waals surface area contributed by atoms with Crippen LogP contribution < -0.4 is 20.7 Å². The van der Waals surface area contributed by atoms with Gasteiger partial charge in [0.05, 0.1) is 13.7 Å². The highest BCUT2D eigenvalue weighted by Crippen LogP contribution is 2.32. The summed E-state index contributed by atoms with van der Waals surface area (Å²) in [6, 6.07) is 11.1. The standard InChI is InChI=1S/C28H38ClF2N3O6.C2H6/c1-32-23(10-5-4-6-12-37-2)18-34-26(35)21-14-20(16-24(17-21)40-27(30)31)25(19-8-7-9-22(29)15-19)39-13-11-33-28(36)38-3;1-2/h7-9,14-17,23,25,27,32H,4-6,10-13,18H2,1-3H3,(H,33,36)(H,34,35);1-2H3. The van der Waals surface area contributed by atoms with Crippen LogP contribution in [0, 0.1) is 0 Å².